The molecule has 0 aromatic heterocycles. The van der Waals surface area contributed by atoms with Crippen LogP contribution >= 0.6 is 0 Å². The summed E-state index contributed by atoms with van der Waals surface area (Å²) >= 11 is 0. The predicted octanol–water partition coefficient (Wildman–Crippen LogP) is 1.05. The molecule has 0 heterocycles. The van der Waals surface area contributed by atoms with Crippen LogP contribution in [0.1, 0.15) is 0 Å². The van der Waals surface area contributed by atoms with E-state index in [0.717, 1.165) is 24.3 Å². The fourth-order valence-electron chi connectivity index (χ4n) is 0.300. The van der Waals surface area contributed by atoms with Gasteiger partial charge >= 0.3 is 0 Å². The molecule has 0 aromatic carbocycles. The molecule has 0 atom stereocenters. The third kappa shape index (κ3) is 3.55. The Bertz CT molecular complexity index is 177. The van der Waals surface area contributed by atoms with Crippen LogP contribution in [0.5, 0.6) is 0 Å². The molecule has 0 radical (unpaired) electrons. The SMILES string of the molecule is C=CC(=O)/C=C/C(=O)C=C. The fourth-order valence-corrected chi connectivity index (χ4v) is 0.300. The Morgan fingerprint density at radius 2 is 1.20 bits per heavy atom. The Morgan fingerprint density at radius 1 is 0.900 bits per heavy atom. The molecule has 0 rings (SSSR count). The minimum Gasteiger partial charge on any atom is -0.290 e. The van der Waals surface area contributed by atoms with Crippen molar-refractivity contribution >= 4 is 11.6 Å². The van der Waals surface area contributed by atoms with Crippen molar-refractivity contribution in [1.82, 2.24) is 0 Å². The first-order valence-corrected chi connectivity index (χ1v) is 2.71. The molecule has 0 N–H and O–H groups in total. The number of hydrogen-bond donors (Lipinski definition) is 0. The maximum Gasteiger partial charge on any atom is 0.178 e. The quantitative estimate of drug-likeness (QED) is 0.541. The largest absolute Gasteiger partial charge is 0.290 e. The van der Waals surface area contributed by atoms with Gasteiger partial charge in [-0.1, -0.05) is 13.2 Å². The lowest BCUT2D eigenvalue weighted by Crippen LogP contribution is -1.88. The molecular formula is C8H8O2. The summed E-state index contributed by atoms with van der Waals surface area (Å²) in [5, 5.41) is 0. The smallest absolute Gasteiger partial charge is 0.178 e. The van der Waals surface area contributed by atoms with E-state index in [1.54, 1.807) is 0 Å². The van der Waals surface area contributed by atoms with E-state index in [9.17, 15) is 9.59 Å². The van der Waals surface area contributed by atoms with E-state index in [-0.39, 0.29) is 11.6 Å². The molecule has 0 aromatic rings. The molecule has 0 unspecified atom stereocenters. The third-order valence-electron chi connectivity index (χ3n) is 0.814. The molecule has 0 bridgehead atoms. The van der Waals surface area contributed by atoms with E-state index in [4.69, 9.17) is 0 Å². The molecule has 0 amide bonds. The van der Waals surface area contributed by atoms with E-state index >= 15 is 0 Å². The highest BCUT2D eigenvalue weighted by Gasteiger charge is 1.88. The second-order valence-corrected chi connectivity index (χ2v) is 1.55. The fraction of sp³-hybridized carbons (Fsp3) is 0. The molecule has 2 nitrogen and oxygen atoms in total. The molecule has 0 aliphatic carbocycles. The van der Waals surface area contributed by atoms with Gasteiger partial charge in [-0.2, -0.15) is 0 Å². The Labute approximate surface area is 59.5 Å². The molecule has 10 heavy (non-hydrogen) atoms. The summed E-state index contributed by atoms with van der Waals surface area (Å²) in [7, 11) is 0. The van der Waals surface area contributed by atoms with Crippen LogP contribution < -0.4 is 0 Å². The second kappa shape index (κ2) is 4.44. The molecule has 0 saturated carbocycles. The predicted molar refractivity (Wildman–Crippen MR) is 39.5 cm³/mol. The van der Waals surface area contributed by atoms with Gasteiger partial charge in [-0.05, 0) is 24.3 Å². The number of carbonyl (C=O) groups excluding carboxylic acids is 2. The average Bonchev–Trinajstić information content (AvgIpc) is 1.99. The Hall–Kier alpha value is -1.44. The van der Waals surface area contributed by atoms with Crippen LogP contribution in [-0.2, 0) is 9.59 Å². The van der Waals surface area contributed by atoms with Crippen LogP contribution in [0, 0.1) is 0 Å². The van der Waals surface area contributed by atoms with Gasteiger partial charge in [0.25, 0.3) is 0 Å². The number of hydrogen-bond acceptors (Lipinski definition) is 2. The Balaban J connectivity index is 3.98. The Kier molecular flexibility index (Phi) is 3.80. The van der Waals surface area contributed by atoms with Crippen LogP contribution in [0.2, 0.25) is 0 Å². The molecule has 0 spiro atoms. The lowest BCUT2D eigenvalue weighted by molar-refractivity contribution is -0.112. The molecule has 0 aliphatic heterocycles. The van der Waals surface area contributed by atoms with Crippen molar-refractivity contribution in [2.75, 3.05) is 0 Å². The normalized spacial score (nSPS) is 9.20. The zero-order chi connectivity index (χ0) is 7.98. The summed E-state index contributed by atoms with van der Waals surface area (Å²) < 4.78 is 0. The van der Waals surface area contributed by atoms with Gasteiger partial charge < -0.3 is 0 Å². The van der Waals surface area contributed by atoms with Gasteiger partial charge in [-0.25, -0.2) is 0 Å². The first kappa shape index (κ1) is 8.56. The van der Waals surface area contributed by atoms with E-state index < -0.39 is 0 Å². The summed E-state index contributed by atoms with van der Waals surface area (Å²) in [6, 6.07) is 0. The van der Waals surface area contributed by atoms with Crippen LogP contribution in [0.3, 0.4) is 0 Å². The molecular weight excluding hydrogens is 128 g/mol. The van der Waals surface area contributed by atoms with Gasteiger partial charge in [-0.3, -0.25) is 9.59 Å². The van der Waals surface area contributed by atoms with Crippen molar-refractivity contribution in [3.05, 3.63) is 37.5 Å². The van der Waals surface area contributed by atoms with Gasteiger partial charge in [0.15, 0.2) is 11.6 Å². The number of ketones is 2. The molecule has 52 valence electrons. The number of allylic oxidation sites excluding steroid dienone is 4. The topological polar surface area (TPSA) is 34.1 Å². The summed E-state index contributed by atoms with van der Waals surface area (Å²) in [5.74, 6) is -0.564. The lowest BCUT2D eigenvalue weighted by atomic mass is 10.3. The molecule has 0 saturated heterocycles. The van der Waals surface area contributed by atoms with Crippen molar-refractivity contribution in [1.29, 1.82) is 0 Å². The van der Waals surface area contributed by atoms with Gasteiger partial charge in [-0.15, -0.1) is 0 Å². The minimum atomic E-state index is -0.282. The number of carbonyl (C=O) groups is 2. The first-order chi connectivity index (χ1) is 4.70. The second-order valence-electron chi connectivity index (χ2n) is 1.55. The van der Waals surface area contributed by atoms with Crippen molar-refractivity contribution < 1.29 is 9.59 Å². The zero-order valence-corrected chi connectivity index (χ0v) is 5.54. The van der Waals surface area contributed by atoms with E-state index in [2.05, 4.69) is 13.2 Å². The van der Waals surface area contributed by atoms with Gasteiger partial charge in [0, 0.05) is 0 Å². The van der Waals surface area contributed by atoms with Gasteiger partial charge in [0.2, 0.25) is 0 Å². The highest BCUT2D eigenvalue weighted by atomic mass is 16.1. The van der Waals surface area contributed by atoms with Crippen molar-refractivity contribution in [2.24, 2.45) is 0 Å². The van der Waals surface area contributed by atoms with Crippen LogP contribution in [-0.4, -0.2) is 11.6 Å². The zero-order valence-electron chi connectivity index (χ0n) is 5.54. The van der Waals surface area contributed by atoms with Crippen molar-refractivity contribution in [2.45, 2.75) is 0 Å². The molecule has 0 fully saturated rings. The van der Waals surface area contributed by atoms with E-state index in [1.165, 1.54) is 0 Å². The van der Waals surface area contributed by atoms with Crippen LogP contribution in [0.4, 0.5) is 0 Å². The first-order valence-electron chi connectivity index (χ1n) is 2.71. The standard InChI is InChI=1S/C8H8O2/c1-3-7(9)5-6-8(10)4-2/h3-6H,1-2H2/b6-5+. The molecule has 0 aliphatic rings. The minimum absolute atomic E-state index is 0.282. The summed E-state index contributed by atoms with van der Waals surface area (Å²) in [4.78, 5) is 20.9. The monoisotopic (exact) mass is 136 g/mol. The van der Waals surface area contributed by atoms with Crippen molar-refractivity contribution in [3.8, 4) is 0 Å². The molecule has 2 heteroatoms. The van der Waals surface area contributed by atoms with E-state index in [1.807, 2.05) is 0 Å². The van der Waals surface area contributed by atoms with Gasteiger partial charge in [0.1, 0.15) is 0 Å². The summed E-state index contributed by atoms with van der Waals surface area (Å²) in [6.07, 6.45) is 4.56. The highest BCUT2D eigenvalue weighted by Crippen LogP contribution is 1.80. The third-order valence-corrected chi connectivity index (χ3v) is 0.814. The Morgan fingerprint density at radius 3 is 1.40 bits per heavy atom. The average molecular weight is 136 g/mol. The maximum atomic E-state index is 10.4. The highest BCUT2D eigenvalue weighted by molar-refractivity contribution is 6.06. The van der Waals surface area contributed by atoms with Crippen LogP contribution in [0.15, 0.2) is 37.5 Å². The van der Waals surface area contributed by atoms with Crippen molar-refractivity contribution in [3.63, 3.8) is 0 Å². The van der Waals surface area contributed by atoms with Crippen LogP contribution in [0.25, 0.3) is 0 Å². The lowest BCUT2D eigenvalue weighted by Gasteiger charge is -1.78. The summed E-state index contributed by atoms with van der Waals surface area (Å²) in [5.41, 5.74) is 0. The summed E-state index contributed by atoms with van der Waals surface area (Å²) in [6.45, 7) is 6.45. The maximum absolute atomic E-state index is 10.4. The van der Waals surface area contributed by atoms with Gasteiger partial charge in [0.05, 0.1) is 0 Å². The van der Waals surface area contributed by atoms with E-state index in [0.29, 0.717) is 0 Å². The number of rotatable bonds is 4.